The summed E-state index contributed by atoms with van der Waals surface area (Å²) in [5, 5.41) is 13.4. The quantitative estimate of drug-likeness (QED) is 0.716. The lowest BCUT2D eigenvalue weighted by atomic mass is 9.92. The normalized spacial score (nSPS) is 13.0. The van der Waals surface area contributed by atoms with Gasteiger partial charge in [-0.3, -0.25) is 9.78 Å². The highest BCUT2D eigenvalue weighted by Gasteiger charge is 2.26. The van der Waals surface area contributed by atoms with Gasteiger partial charge in [0.25, 0.3) is 0 Å². The highest BCUT2D eigenvalue weighted by atomic mass is 16.3. The molecule has 1 atom stereocenters. The second-order valence-corrected chi connectivity index (χ2v) is 6.53. The molecular weight excluding hydrogens is 324 g/mol. The first kappa shape index (κ1) is 17.8. The maximum absolute atomic E-state index is 12.2. The second kappa shape index (κ2) is 7.93. The first-order valence-corrected chi connectivity index (χ1v) is 8.58. The fraction of sp³-hybridized carbons (Fsp3) is 0.182. The third-order valence-electron chi connectivity index (χ3n) is 4.34. The Bertz CT molecular complexity index is 844. The van der Waals surface area contributed by atoms with Gasteiger partial charge in [0.1, 0.15) is 0 Å². The van der Waals surface area contributed by atoms with Crippen molar-refractivity contribution in [3.63, 3.8) is 0 Å². The summed E-state index contributed by atoms with van der Waals surface area (Å²) in [6.45, 7) is 2.08. The first-order valence-electron chi connectivity index (χ1n) is 8.58. The molecule has 1 unspecified atom stereocenters. The maximum atomic E-state index is 12.2. The van der Waals surface area contributed by atoms with E-state index in [1.807, 2.05) is 72.9 Å². The van der Waals surface area contributed by atoms with E-state index in [0.29, 0.717) is 6.54 Å². The Kier molecular flexibility index (Phi) is 5.44. The lowest BCUT2D eigenvalue weighted by Crippen LogP contribution is -2.32. The van der Waals surface area contributed by atoms with Crippen molar-refractivity contribution >= 4 is 5.91 Å². The standard InChI is InChI=1S/C22H22N2O2/c1-22(26,20-7-3-2-4-8-20)14-21(25)24-15-17-9-11-18(12-10-17)19-6-5-13-23-16-19/h2-13,16,26H,14-15H2,1H3,(H,24,25). The zero-order chi connectivity index (χ0) is 18.4. The Morgan fingerprint density at radius 2 is 1.73 bits per heavy atom. The van der Waals surface area contributed by atoms with Crippen molar-refractivity contribution in [3.05, 3.63) is 90.3 Å². The summed E-state index contributed by atoms with van der Waals surface area (Å²) in [4.78, 5) is 16.3. The zero-order valence-corrected chi connectivity index (χ0v) is 14.7. The Hall–Kier alpha value is -2.98. The van der Waals surface area contributed by atoms with Gasteiger partial charge in [0.05, 0.1) is 12.0 Å². The van der Waals surface area contributed by atoms with Crippen LogP contribution in [-0.2, 0) is 16.9 Å². The monoisotopic (exact) mass is 346 g/mol. The van der Waals surface area contributed by atoms with E-state index in [1.165, 1.54) is 0 Å². The van der Waals surface area contributed by atoms with Crippen LogP contribution >= 0.6 is 0 Å². The molecule has 0 saturated heterocycles. The molecule has 1 amide bonds. The summed E-state index contributed by atoms with van der Waals surface area (Å²) in [6, 6.07) is 21.1. The predicted octanol–water partition coefficient (Wildman–Crippen LogP) is 3.66. The number of nitrogens with one attached hydrogen (secondary N) is 1. The van der Waals surface area contributed by atoms with E-state index in [-0.39, 0.29) is 12.3 Å². The molecule has 0 aliphatic rings. The number of carbonyl (C=O) groups excluding carboxylic acids is 1. The van der Waals surface area contributed by atoms with Gasteiger partial charge < -0.3 is 10.4 Å². The fourth-order valence-corrected chi connectivity index (χ4v) is 2.82. The van der Waals surface area contributed by atoms with Gasteiger partial charge in [-0.1, -0.05) is 60.7 Å². The van der Waals surface area contributed by atoms with E-state index in [4.69, 9.17) is 0 Å². The van der Waals surface area contributed by atoms with E-state index < -0.39 is 5.60 Å². The SMILES string of the molecule is CC(O)(CC(=O)NCc1ccc(-c2cccnc2)cc1)c1ccccc1. The molecule has 0 aliphatic carbocycles. The smallest absolute Gasteiger partial charge is 0.223 e. The maximum Gasteiger partial charge on any atom is 0.223 e. The average molecular weight is 346 g/mol. The van der Waals surface area contributed by atoms with Crippen LogP contribution in [0.5, 0.6) is 0 Å². The molecule has 1 heterocycles. The number of nitrogens with zero attached hydrogens (tertiary/aromatic N) is 1. The van der Waals surface area contributed by atoms with Crippen LogP contribution in [0.15, 0.2) is 79.1 Å². The Balaban J connectivity index is 1.56. The van der Waals surface area contributed by atoms with Crippen molar-refractivity contribution in [2.45, 2.75) is 25.5 Å². The lowest BCUT2D eigenvalue weighted by Gasteiger charge is -2.23. The van der Waals surface area contributed by atoms with Crippen LogP contribution in [0.2, 0.25) is 0 Å². The number of hydrogen-bond donors (Lipinski definition) is 2. The van der Waals surface area contributed by atoms with Crippen molar-refractivity contribution in [2.24, 2.45) is 0 Å². The molecule has 132 valence electrons. The van der Waals surface area contributed by atoms with Crippen molar-refractivity contribution in [2.75, 3.05) is 0 Å². The lowest BCUT2D eigenvalue weighted by molar-refractivity contribution is -0.126. The van der Waals surface area contributed by atoms with E-state index in [2.05, 4.69) is 10.3 Å². The predicted molar refractivity (Wildman–Crippen MR) is 102 cm³/mol. The van der Waals surface area contributed by atoms with Crippen molar-refractivity contribution < 1.29 is 9.90 Å². The highest BCUT2D eigenvalue weighted by Crippen LogP contribution is 2.24. The van der Waals surface area contributed by atoms with Gasteiger partial charge in [0, 0.05) is 18.9 Å². The Morgan fingerprint density at radius 3 is 2.38 bits per heavy atom. The molecule has 4 heteroatoms. The average Bonchev–Trinajstić information content (AvgIpc) is 2.68. The van der Waals surface area contributed by atoms with Gasteiger partial charge in [-0.05, 0) is 35.2 Å². The molecule has 1 aromatic heterocycles. The van der Waals surface area contributed by atoms with Crippen molar-refractivity contribution in [1.29, 1.82) is 0 Å². The number of hydrogen-bond acceptors (Lipinski definition) is 3. The van der Waals surface area contributed by atoms with Gasteiger partial charge in [-0.25, -0.2) is 0 Å². The van der Waals surface area contributed by atoms with Gasteiger partial charge >= 0.3 is 0 Å². The number of pyridine rings is 1. The molecule has 2 aromatic carbocycles. The number of rotatable bonds is 6. The van der Waals surface area contributed by atoms with Gasteiger partial charge in [-0.15, -0.1) is 0 Å². The summed E-state index contributed by atoms with van der Waals surface area (Å²) in [5.41, 5.74) is 2.69. The van der Waals surface area contributed by atoms with Gasteiger partial charge in [0.15, 0.2) is 0 Å². The molecule has 0 fully saturated rings. The van der Waals surface area contributed by atoms with Crippen molar-refractivity contribution in [3.8, 4) is 11.1 Å². The molecule has 0 aliphatic heterocycles. The molecule has 3 rings (SSSR count). The van der Waals surface area contributed by atoms with Crippen LogP contribution in [0.25, 0.3) is 11.1 Å². The molecule has 0 saturated carbocycles. The number of aliphatic hydroxyl groups is 1. The fourth-order valence-electron chi connectivity index (χ4n) is 2.82. The summed E-state index contributed by atoms with van der Waals surface area (Å²) >= 11 is 0. The van der Waals surface area contributed by atoms with Crippen LogP contribution in [0, 0.1) is 0 Å². The van der Waals surface area contributed by atoms with E-state index in [0.717, 1.165) is 22.3 Å². The first-order chi connectivity index (χ1) is 12.5. The van der Waals surface area contributed by atoms with Gasteiger partial charge in [0.2, 0.25) is 5.91 Å². The second-order valence-electron chi connectivity index (χ2n) is 6.53. The largest absolute Gasteiger partial charge is 0.385 e. The summed E-state index contributed by atoms with van der Waals surface area (Å²) < 4.78 is 0. The third kappa shape index (κ3) is 4.55. The number of amides is 1. The van der Waals surface area contributed by atoms with Crippen LogP contribution < -0.4 is 5.32 Å². The van der Waals surface area contributed by atoms with E-state index in [9.17, 15) is 9.90 Å². The zero-order valence-electron chi connectivity index (χ0n) is 14.7. The number of aromatic nitrogens is 1. The number of carbonyl (C=O) groups is 1. The molecule has 0 radical (unpaired) electrons. The molecule has 0 spiro atoms. The highest BCUT2D eigenvalue weighted by molar-refractivity contribution is 5.77. The Morgan fingerprint density at radius 1 is 1.00 bits per heavy atom. The van der Waals surface area contributed by atoms with Crippen molar-refractivity contribution in [1.82, 2.24) is 10.3 Å². The van der Waals surface area contributed by atoms with Crippen LogP contribution in [0.3, 0.4) is 0 Å². The summed E-state index contributed by atoms with van der Waals surface area (Å²) in [7, 11) is 0. The molecule has 2 N–H and O–H groups in total. The topological polar surface area (TPSA) is 62.2 Å². The molecule has 4 nitrogen and oxygen atoms in total. The minimum atomic E-state index is -1.19. The van der Waals surface area contributed by atoms with Crippen LogP contribution in [0.1, 0.15) is 24.5 Å². The molecule has 26 heavy (non-hydrogen) atoms. The minimum Gasteiger partial charge on any atom is -0.385 e. The molecule has 3 aromatic rings. The summed E-state index contributed by atoms with van der Waals surface area (Å²) in [6.07, 6.45) is 3.59. The van der Waals surface area contributed by atoms with Crippen LogP contribution in [0.4, 0.5) is 0 Å². The summed E-state index contributed by atoms with van der Waals surface area (Å²) in [5.74, 6) is -0.185. The molecular formula is C22H22N2O2. The number of benzene rings is 2. The third-order valence-corrected chi connectivity index (χ3v) is 4.34. The van der Waals surface area contributed by atoms with Gasteiger partial charge in [-0.2, -0.15) is 0 Å². The van der Waals surface area contributed by atoms with E-state index >= 15 is 0 Å². The minimum absolute atomic E-state index is 0.0186. The Labute approximate surface area is 153 Å². The van der Waals surface area contributed by atoms with E-state index in [1.54, 1.807) is 13.1 Å². The van der Waals surface area contributed by atoms with Crippen LogP contribution in [-0.4, -0.2) is 16.0 Å². The molecule has 0 bridgehead atoms.